The van der Waals surface area contributed by atoms with E-state index in [1.165, 1.54) is 19.4 Å². The summed E-state index contributed by atoms with van der Waals surface area (Å²) in [5.74, 6) is 0.532. The van der Waals surface area contributed by atoms with E-state index in [-0.39, 0.29) is 0 Å². The van der Waals surface area contributed by atoms with Crippen LogP contribution >= 0.6 is 0 Å². The number of hydrogen-bond donors (Lipinski definition) is 2. The average molecular weight is 364 g/mol. The summed E-state index contributed by atoms with van der Waals surface area (Å²) in [6.07, 6.45) is 5.02. The second-order valence-corrected chi connectivity index (χ2v) is 7.82. The summed E-state index contributed by atoms with van der Waals surface area (Å²) in [6.45, 7) is 3.51. The summed E-state index contributed by atoms with van der Waals surface area (Å²) in [4.78, 5) is 16.4. The van der Waals surface area contributed by atoms with Gasteiger partial charge in [-0.3, -0.25) is 4.79 Å². The zero-order valence-corrected chi connectivity index (χ0v) is 15.7. The topological polar surface area (TPSA) is 75.6 Å². The van der Waals surface area contributed by atoms with E-state index in [4.69, 9.17) is 11.5 Å². The molecule has 1 heterocycles. The maximum Gasteiger partial charge on any atom is 0.248 e. The third-order valence-electron chi connectivity index (χ3n) is 5.76. The van der Waals surface area contributed by atoms with Crippen molar-refractivity contribution in [1.82, 2.24) is 4.90 Å². The number of nitrogens with zero attached hydrogens (tertiary/aromatic N) is 2. The highest BCUT2D eigenvalue weighted by atomic mass is 16.1. The van der Waals surface area contributed by atoms with E-state index in [1.54, 1.807) is 12.1 Å². The lowest BCUT2D eigenvalue weighted by molar-refractivity contribution is 0.100. The minimum atomic E-state index is -0.402. The van der Waals surface area contributed by atoms with Gasteiger partial charge in [0.25, 0.3) is 0 Å². The number of carbonyl (C=O) groups excluding carboxylic acids is 1. The molecule has 0 radical (unpaired) electrons. The van der Waals surface area contributed by atoms with Gasteiger partial charge in [-0.25, -0.2) is 0 Å². The zero-order valence-electron chi connectivity index (χ0n) is 15.7. The first-order valence-corrected chi connectivity index (χ1v) is 9.88. The Kier molecular flexibility index (Phi) is 5.03. The highest BCUT2D eigenvalue weighted by molar-refractivity contribution is 5.93. The Balaban J connectivity index is 1.58. The molecule has 2 aromatic carbocycles. The Labute approximate surface area is 160 Å². The largest absolute Gasteiger partial charge is 0.397 e. The smallest absolute Gasteiger partial charge is 0.248 e. The van der Waals surface area contributed by atoms with E-state index < -0.39 is 5.91 Å². The van der Waals surface area contributed by atoms with Crippen molar-refractivity contribution in [2.45, 2.75) is 31.7 Å². The maximum atomic E-state index is 11.4. The summed E-state index contributed by atoms with van der Waals surface area (Å²) in [6, 6.07) is 16.0. The highest BCUT2D eigenvalue weighted by Crippen LogP contribution is 2.36. The predicted octanol–water partition coefficient (Wildman–Crippen LogP) is 3.38. The Hall–Kier alpha value is -2.53. The van der Waals surface area contributed by atoms with Gasteiger partial charge in [-0.15, -0.1) is 0 Å². The first kappa shape index (κ1) is 17.9. The number of amides is 1. The molecule has 1 aliphatic heterocycles. The number of nitrogens with two attached hydrogens (primary N) is 2. The molecule has 0 unspecified atom stereocenters. The van der Waals surface area contributed by atoms with Crippen LogP contribution in [-0.2, 0) is 0 Å². The summed E-state index contributed by atoms with van der Waals surface area (Å²) in [5.41, 5.74) is 15.1. The second-order valence-electron chi connectivity index (χ2n) is 7.82. The number of nitrogen functional groups attached to an aromatic ring is 1. The molecule has 0 atom stereocenters. The van der Waals surface area contributed by atoms with Crippen molar-refractivity contribution in [2.24, 2.45) is 11.7 Å². The molecule has 1 saturated carbocycles. The van der Waals surface area contributed by atoms with Gasteiger partial charge in [0.15, 0.2) is 0 Å². The number of benzene rings is 2. The van der Waals surface area contributed by atoms with Gasteiger partial charge in [0, 0.05) is 36.9 Å². The minimum absolute atomic E-state index is 0.393. The molecule has 4 N–H and O–H groups in total. The highest BCUT2D eigenvalue weighted by Gasteiger charge is 2.30. The van der Waals surface area contributed by atoms with Crippen LogP contribution in [0.5, 0.6) is 0 Å². The third kappa shape index (κ3) is 4.08. The lowest BCUT2D eigenvalue weighted by atomic mass is 10.00. The van der Waals surface area contributed by atoms with Crippen LogP contribution in [0.1, 0.15) is 36.0 Å². The van der Waals surface area contributed by atoms with Crippen molar-refractivity contribution >= 4 is 23.0 Å². The van der Waals surface area contributed by atoms with E-state index >= 15 is 0 Å². The van der Waals surface area contributed by atoms with Crippen molar-refractivity contribution in [3.63, 3.8) is 0 Å². The molecule has 2 fully saturated rings. The standard InChI is InChI=1S/C22H28N4O/c23-20-3-1-2-4-21(20)26(18-9-7-17(8-10-18)22(24)27)19-11-13-25(14-12-19)15-16-5-6-16/h1-4,7-10,16,19H,5-6,11-15,23H2,(H2,24,27). The molecule has 0 spiro atoms. The van der Waals surface area contributed by atoms with Gasteiger partial charge < -0.3 is 21.3 Å². The second kappa shape index (κ2) is 7.61. The Morgan fingerprint density at radius 3 is 2.26 bits per heavy atom. The Bertz CT molecular complexity index is 792. The van der Waals surface area contributed by atoms with Gasteiger partial charge in [0.2, 0.25) is 5.91 Å². The van der Waals surface area contributed by atoms with Crippen molar-refractivity contribution in [1.29, 1.82) is 0 Å². The summed E-state index contributed by atoms with van der Waals surface area (Å²) < 4.78 is 0. The SMILES string of the molecule is NC(=O)c1ccc(N(c2ccccc2N)C2CCN(CC3CC3)CC2)cc1. The van der Waals surface area contributed by atoms with E-state index in [0.717, 1.165) is 48.9 Å². The lowest BCUT2D eigenvalue weighted by Crippen LogP contribution is -2.44. The summed E-state index contributed by atoms with van der Waals surface area (Å²) in [7, 11) is 0. The molecule has 1 amide bonds. The number of primary amides is 1. The molecule has 1 saturated heterocycles. The Morgan fingerprint density at radius 1 is 1.00 bits per heavy atom. The van der Waals surface area contributed by atoms with E-state index in [9.17, 15) is 4.79 Å². The van der Waals surface area contributed by atoms with Crippen molar-refractivity contribution in [2.75, 3.05) is 30.3 Å². The fraction of sp³-hybridized carbons (Fsp3) is 0.409. The van der Waals surface area contributed by atoms with Gasteiger partial charge in [-0.1, -0.05) is 12.1 Å². The van der Waals surface area contributed by atoms with Crippen LogP contribution in [0, 0.1) is 5.92 Å². The predicted molar refractivity (Wildman–Crippen MR) is 110 cm³/mol. The van der Waals surface area contributed by atoms with Crippen LogP contribution in [0.3, 0.4) is 0 Å². The normalized spacial score (nSPS) is 18.4. The number of piperidine rings is 1. The van der Waals surface area contributed by atoms with Gasteiger partial charge in [0.05, 0.1) is 11.4 Å². The molecule has 2 aliphatic rings. The van der Waals surface area contributed by atoms with Crippen LogP contribution in [-0.4, -0.2) is 36.5 Å². The molecule has 5 nitrogen and oxygen atoms in total. The molecule has 4 rings (SSSR count). The van der Waals surface area contributed by atoms with E-state index in [1.807, 2.05) is 30.3 Å². The van der Waals surface area contributed by atoms with Crippen molar-refractivity contribution in [3.05, 3.63) is 54.1 Å². The Morgan fingerprint density at radius 2 is 1.67 bits per heavy atom. The van der Waals surface area contributed by atoms with Crippen molar-refractivity contribution < 1.29 is 4.79 Å². The van der Waals surface area contributed by atoms with Crippen LogP contribution in [0.15, 0.2) is 48.5 Å². The average Bonchev–Trinajstić information content (AvgIpc) is 3.49. The van der Waals surface area contributed by atoms with Gasteiger partial charge in [-0.2, -0.15) is 0 Å². The number of carbonyl (C=O) groups is 1. The fourth-order valence-electron chi connectivity index (χ4n) is 4.07. The minimum Gasteiger partial charge on any atom is -0.397 e. The summed E-state index contributed by atoms with van der Waals surface area (Å²) >= 11 is 0. The van der Waals surface area contributed by atoms with Crippen LogP contribution in [0.25, 0.3) is 0 Å². The first-order chi connectivity index (χ1) is 13.1. The molecular formula is C22H28N4O. The number of likely N-dealkylation sites (tertiary alicyclic amines) is 1. The van der Waals surface area contributed by atoms with Gasteiger partial charge >= 0.3 is 0 Å². The maximum absolute atomic E-state index is 11.4. The third-order valence-corrected chi connectivity index (χ3v) is 5.76. The fourth-order valence-corrected chi connectivity index (χ4v) is 4.07. The number of rotatable bonds is 6. The van der Waals surface area contributed by atoms with Crippen molar-refractivity contribution in [3.8, 4) is 0 Å². The van der Waals surface area contributed by atoms with Gasteiger partial charge in [0.1, 0.15) is 0 Å². The number of para-hydroxylation sites is 2. The summed E-state index contributed by atoms with van der Waals surface area (Å²) in [5, 5.41) is 0. The lowest BCUT2D eigenvalue weighted by Gasteiger charge is -2.40. The molecule has 1 aliphatic carbocycles. The van der Waals surface area contributed by atoms with Crippen LogP contribution in [0.4, 0.5) is 17.1 Å². The number of hydrogen-bond acceptors (Lipinski definition) is 4. The molecule has 0 bridgehead atoms. The quantitative estimate of drug-likeness (QED) is 0.771. The molecular weight excluding hydrogens is 336 g/mol. The molecule has 2 aromatic rings. The molecule has 142 valence electrons. The zero-order chi connectivity index (χ0) is 18.8. The van der Waals surface area contributed by atoms with Gasteiger partial charge in [-0.05, 0) is 68.0 Å². The van der Waals surface area contributed by atoms with E-state index in [2.05, 4.69) is 15.9 Å². The van der Waals surface area contributed by atoms with Crippen LogP contribution in [0.2, 0.25) is 0 Å². The van der Waals surface area contributed by atoms with Crippen LogP contribution < -0.4 is 16.4 Å². The molecule has 27 heavy (non-hydrogen) atoms. The first-order valence-electron chi connectivity index (χ1n) is 9.88. The number of anilines is 3. The van der Waals surface area contributed by atoms with E-state index in [0.29, 0.717) is 11.6 Å². The molecule has 5 heteroatoms. The monoisotopic (exact) mass is 364 g/mol. The molecule has 0 aromatic heterocycles.